The Labute approximate surface area is 205 Å². The molecule has 0 amide bonds. The van der Waals surface area contributed by atoms with E-state index in [2.05, 4.69) is 0 Å². The molecule has 15 heteroatoms. The minimum atomic E-state index is -1.57. The number of aliphatic hydroxyl groups is 6. The molecule has 0 saturated carbocycles. The Morgan fingerprint density at radius 2 is 1.00 bits per heavy atom. The van der Waals surface area contributed by atoms with Crippen molar-refractivity contribution in [1.82, 2.24) is 9.80 Å². The third-order valence-corrected chi connectivity index (χ3v) is 4.41. The summed E-state index contributed by atoms with van der Waals surface area (Å²) in [6.07, 6.45) is 1.21. The van der Waals surface area contributed by atoms with Gasteiger partial charge in [0.15, 0.2) is 0 Å². The fraction of sp³-hybridized carbons (Fsp3) is 0.900. The van der Waals surface area contributed by atoms with Crippen LogP contribution in [0.4, 0.5) is 0 Å². The summed E-state index contributed by atoms with van der Waals surface area (Å²) in [6, 6.07) is -1.57. The van der Waals surface area contributed by atoms with Gasteiger partial charge in [-0.2, -0.15) is 0 Å². The molecule has 0 aliphatic carbocycles. The van der Waals surface area contributed by atoms with E-state index >= 15 is 0 Å². The second kappa shape index (κ2) is 28.3. The molecule has 0 fully saturated rings. The Bertz CT molecular complexity index is 453. The molecule has 0 heterocycles. The Hall–Kier alpha value is -1.98. The highest BCUT2D eigenvalue weighted by Crippen LogP contribution is 2.08. The van der Waals surface area contributed by atoms with E-state index in [9.17, 15) is 19.7 Å². The molecule has 210 valence electrons. The number of carboxylic acids is 2. The Balaban J connectivity index is -0.000000454. The van der Waals surface area contributed by atoms with Crippen LogP contribution >= 0.6 is 0 Å². The molecule has 8 N–H and O–H groups in total. The predicted molar refractivity (Wildman–Crippen MR) is 125 cm³/mol. The summed E-state index contributed by atoms with van der Waals surface area (Å²) in [5.41, 5.74) is 0. The summed E-state index contributed by atoms with van der Waals surface area (Å²) in [5, 5.41) is 77.9. The number of rotatable bonds is 20. The lowest BCUT2D eigenvalue weighted by Gasteiger charge is -2.17. The van der Waals surface area contributed by atoms with Crippen LogP contribution in [0.1, 0.15) is 32.1 Å². The maximum Gasteiger partial charge on any atom is 0.379 e. The summed E-state index contributed by atoms with van der Waals surface area (Å²) in [6.45, 7) is 3.51. The lowest BCUT2D eigenvalue weighted by atomic mass is 10.1. The van der Waals surface area contributed by atoms with Gasteiger partial charge in [-0.3, -0.25) is 24.7 Å². The number of hydrogen-bond donors (Lipinski definition) is 8. The monoisotopic (exact) mass is 517 g/mol. The van der Waals surface area contributed by atoms with E-state index in [1.807, 2.05) is 0 Å². The molecule has 0 aliphatic rings. The molecule has 0 aromatic heterocycles. The third-order valence-electron chi connectivity index (χ3n) is 4.41. The fourth-order valence-electron chi connectivity index (χ4n) is 2.63. The van der Waals surface area contributed by atoms with Crippen LogP contribution in [0.5, 0.6) is 0 Å². The first-order valence-electron chi connectivity index (χ1n) is 11.3. The molecular weight excluding hydrogens is 474 g/mol. The second-order valence-corrected chi connectivity index (χ2v) is 7.16. The van der Waals surface area contributed by atoms with Gasteiger partial charge in [0, 0.05) is 57.0 Å². The van der Waals surface area contributed by atoms with Crippen LogP contribution in [0.25, 0.3) is 0 Å². The Morgan fingerprint density at radius 3 is 1.23 bits per heavy atom. The molecule has 0 bridgehead atoms. The molecule has 0 radical (unpaired) electrons. The highest BCUT2D eigenvalue weighted by molar-refractivity contribution is 5.71. The number of carboxylic acid groups (broad SMARTS) is 2. The van der Waals surface area contributed by atoms with Crippen molar-refractivity contribution in [2.75, 3.05) is 78.9 Å². The summed E-state index contributed by atoms with van der Waals surface area (Å²) >= 11 is 0. The van der Waals surface area contributed by atoms with Crippen molar-refractivity contribution in [3.05, 3.63) is 10.1 Å². The largest absolute Gasteiger partial charge is 0.481 e. The molecular formula is C20H43N3O12. The van der Waals surface area contributed by atoms with Gasteiger partial charge in [-0.05, 0) is 12.8 Å². The van der Waals surface area contributed by atoms with Gasteiger partial charge < -0.3 is 40.9 Å². The van der Waals surface area contributed by atoms with Crippen LogP contribution in [-0.4, -0.2) is 152 Å². The van der Waals surface area contributed by atoms with Crippen molar-refractivity contribution >= 4 is 11.9 Å². The van der Waals surface area contributed by atoms with Crippen molar-refractivity contribution in [3.63, 3.8) is 0 Å². The van der Waals surface area contributed by atoms with E-state index < -0.39 is 22.9 Å². The summed E-state index contributed by atoms with van der Waals surface area (Å²) in [5.74, 6) is -2.36. The number of unbranched alkanes of at least 4 members (excludes halogenated alkanes) is 2. The van der Waals surface area contributed by atoms with Gasteiger partial charge >= 0.3 is 18.0 Å². The van der Waals surface area contributed by atoms with Gasteiger partial charge in [0.05, 0.1) is 39.6 Å². The van der Waals surface area contributed by atoms with E-state index in [0.29, 0.717) is 58.5 Å². The molecule has 0 spiro atoms. The van der Waals surface area contributed by atoms with Crippen molar-refractivity contribution in [1.29, 1.82) is 0 Å². The maximum absolute atomic E-state index is 10.4. The van der Waals surface area contributed by atoms with Crippen molar-refractivity contribution in [3.8, 4) is 0 Å². The van der Waals surface area contributed by atoms with Crippen LogP contribution < -0.4 is 0 Å². The van der Waals surface area contributed by atoms with E-state index in [1.165, 1.54) is 0 Å². The van der Waals surface area contributed by atoms with Gasteiger partial charge in [0.1, 0.15) is 0 Å². The highest BCUT2D eigenvalue weighted by atomic mass is 16.6. The molecule has 35 heavy (non-hydrogen) atoms. The topological polar surface area (TPSA) is 246 Å². The standard InChI is InChI=1S/C8H13NO6.2C6H15NO3/c10-7(11)5-3-1-2-4-6(8(12)13)9(14)15;2*8-4-1-7(2-5-9)3-6-10/h6H,1-5H2,(H,10,11)(H,12,13);2*8-10H,1-6H2. The minimum Gasteiger partial charge on any atom is -0.481 e. The Morgan fingerprint density at radius 1 is 0.657 bits per heavy atom. The lowest BCUT2D eigenvalue weighted by molar-refractivity contribution is -0.511. The molecule has 0 saturated heterocycles. The lowest BCUT2D eigenvalue weighted by Crippen LogP contribution is -2.32. The van der Waals surface area contributed by atoms with Gasteiger partial charge in [-0.25, -0.2) is 4.79 Å². The first kappa shape index (κ1) is 37.6. The molecule has 15 nitrogen and oxygen atoms in total. The van der Waals surface area contributed by atoms with E-state index in [-0.39, 0.29) is 52.5 Å². The van der Waals surface area contributed by atoms with Gasteiger partial charge in [0.2, 0.25) is 0 Å². The van der Waals surface area contributed by atoms with Crippen LogP contribution in [-0.2, 0) is 9.59 Å². The summed E-state index contributed by atoms with van der Waals surface area (Å²) in [7, 11) is 0. The molecule has 0 aromatic rings. The maximum atomic E-state index is 10.4. The average molecular weight is 518 g/mol. The number of nitrogens with zero attached hydrogens (tertiary/aromatic N) is 3. The van der Waals surface area contributed by atoms with Gasteiger partial charge in [-0.15, -0.1) is 0 Å². The SMILES string of the molecule is O=C(O)CCCCCC(C(=O)O)[N+](=O)[O-].OCCN(CCO)CCO.OCCN(CCO)CCO. The number of hydrogen-bond acceptors (Lipinski definition) is 12. The van der Waals surface area contributed by atoms with Gasteiger partial charge in [0.25, 0.3) is 0 Å². The van der Waals surface area contributed by atoms with Crippen molar-refractivity contribution < 1.29 is 55.4 Å². The zero-order valence-corrected chi connectivity index (χ0v) is 20.2. The zero-order valence-electron chi connectivity index (χ0n) is 20.2. The molecule has 0 aromatic carbocycles. The van der Waals surface area contributed by atoms with Crippen LogP contribution in [0, 0.1) is 10.1 Å². The first-order chi connectivity index (χ1) is 16.6. The van der Waals surface area contributed by atoms with E-state index in [4.69, 9.17) is 40.9 Å². The predicted octanol–water partition coefficient (Wildman–Crippen LogP) is -2.72. The number of aliphatic hydroxyl groups excluding tert-OH is 6. The smallest absolute Gasteiger partial charge is 0.379 e. The van der Waals surface area contributed by atoms with Crippen LogP contribution in [0.15, 0.2) is 0 Å². The quantitative estimate of drug-likeness (QED) is 0.0464. The highest BCUT2D eigenvalue weighted by Gasteiger charge is 2.28. The second-order valence-electron chi connectivity index (χ2n) is 7.16. The summed E-state index contributed by atoms with van der Waals surface area (Å²) < 4.78 is 0. The molecule has 0 rings (SSSR count). The summed E-state index contributed by atoms with van der Waals surface area (Å²) in [4.78, 5) is 33.5. The van der Waals surface area contributed by atoms with E-state index in [0.717, 1.165) is 0 Å². The molecule has 1 unspecified atom stereocenters. The van der Waals surface area contributed by atoms with E-state index in [1.54, 1.807) is 9.80 Å². The average Bonchev–Trinajstić information content (AvgIpc) is 2.77. The number of aliphatic carboxylic acids is 2. The van der Waals surface area contributed by atoms with Crippen LogP contribution in [0.2, 0.25) is 0 Å². The number of carbonyl (C=O) groups is 2. The van der Waals surface area contributed by atoms with Crippen molar-refractivity contribution in [2.45, 2.75) is 38.1 Å². The molecule has 1 atom stereocenters. The Kier molecular flexibility index (Phi) is 30.3. The zero-order chi connectivity index (χ0) is 27.5. The minimum absolute atomic E-state index is 0.0101. The van der Waals surface area contributed by atoms with Crippen molar-refractivity contribution in [2.24, 2.45) is 0 Å². The fourth-order valence-corrected chi connectivity index (χ4v) is 2.63. The number of nitro groups is 1. The molecule has 0 aliphatic heterocycles. The van der Waals surface area contributed by atoms with Gasteiger partial charge in [-0.1, -0.05) is 6.42 Å². The van der Waals surface area contributed by atoms with Crippen LogP contribution in [0.3, 0.4) is 0 Å². The first-order valence-corrected chi connectivity index (χ1v) is 11.3. The normalized spacial score (nSPS) is 11.3. The third kappa shape index (κ3) is 28.1.